The molecule has 0 radical (unpaired) electrons. The van der Waals surface area contributed by atoms with Gasteiger partial charge in [-0.25, -0.2) is 4.98 Å². The van der Waals surface area contributed by atoms with Crippen LogP contribution in [0, 0.1) is 6.92 Å². The molecule has 1 aliphatic rings. The van der Waals surface area contributed by atoms with Gasteiger partial charge in [-0.1, -0.05) is 11.6 Å². The molecular weight excluding hydrogens is 540 g/mol. The van der Waals surface area contributed by atoms with E-state index in [9.17, 15) is 14.4 Å². The fourth-order valence-electron chi connectivity index (χ4n) is 5.10. The van der Waals surface area contributed by atoms with E-state index < -0.39 is 6.04 Å². The minimum atomic E-state index is -0.395. The smallest absolute Gasteiger partial charge is 0.254 e. The van der Waals surface area contributed by atoms with E-state index in [0.717, 1.165) is 55.4 Å². The summed E-state index contributed by atoms with van der Waals surface area (Å²) in [4.78, 5) is 52.4. The van der Waals surface area contributed by atoms with Crippen molar-refractivity contribution in [3.8, 4) is 0 Å². The predicted molar refractivity (Wildman–Crippen MR) is 158 cm³/mol. The first-order chi connectivity index (χ1) is 19.9. The lowest BCUT2D eigenvalue weighted by Gasteiger charge is -2.19. The van der Waals surface area contributed by atoms with Crippen LogP contribution in [0.3, 0.4) is 0 Å². The number of amides is 3. The highest BCUT2D eigenvalue weighted by Crippen LogP contribution is 2.24. The fraction of sp³-hybridized carbons (Fsp3) is 0.323. The van der Waals surface area contributed by atoms with Crippen LogP contribution in [0.25, 0.3) is 11.0 Å². The number of pyridine rings is 1. The number of carbonyl (C=O) groups is 3. The number of rotatable bonds is 10. The fourth-order valence-corrected chi connectivity index (χ4v) is 5.27. The van der Waals surface area contributed by atoms with Gasteiger partial charge < -0.3 is 20.5 Å². The van der Waals surface area contributed by atoms with Crippen LogP contribution in [0.4, 0.5) is 0 Å². The summed E-state index contributed by atoms with van der Waals surface area (Å²) in [5, 5.41) is 6.63. The number of aryl methyl sites for hydroxylation is 1. The van der Waals surface area contributed by atoms with Gasteiger partial charge in [-0.2, -0.15) is 0 Å². The maximum absolute atomic E-state index is 13.4. The lowest BCUT2D eigenvalue weighted by atomic mass is 10.0. The van der Waals surface area contributed by atoms with Crippen LogP contribution in [0.2, 0.25) is 5.02 Å². The van der Waals surface area contributed by atoms with Crippen LogP contribution in [-0.2, 0) is 0 Å². The Labute approximate surface area is 243 Å². The number of nitrogens with zero attached hydrogens (tertiary/aromatic N) is 3. The van der Waals surface area contributed by atoms with E-state index in [2.05, 4.69) is 20.6 Å². The molecule has 0 spiro atoms. The molecule has 0 unspecified atom stereocenters. The van der Waals surface area contributed by atoms with Crippen molar-refractivity contribution in [2.75, 3.05) is 19.6 Å². The van der Waals surface area contributed by atoms with E-state index in [4.69, 9.17) is 16.6 Å². The quantitative estimate of drug-likeness (QED) is 0.225. The Kier molecular flexibility index (Phi) is 8.94. The van der Waals surface area contributed by atoms with Crippen molar-refractivity contribution in [1.29, 1.82) is 0 Å². The number of aromatic nitrogens is 3. The lowest BCUT2D eigenvalue weighted by molar-refractivity contribution is 0.0790. The number of imidazole rings is 1. The van der Waals surface area contributed by atoms with Crippen molar-refractivity contribution >= 4 is 40.4 Å². The number of hydrogen-bond acceptors (Lipinski definition) is 5. The second-order valence-corrected chi connectivity index (χ2v) is 10.8. The van der Waals surface area contributed by atoms with Crippen molar-refractivity contribution < 1.29 is 14.4 Å². The monoisotopic (exact) mass is 572 g/mol. The van der Waals surface area contributed by atoms with Crippen molar-refractivity contribution in [1.82, 2.24) is 30.5 Å². The summed E-state index contributed by atoms with van der Waals surface area (Å²) in [6, 6.07) is 13.7. The van der Waals surface area contributed by atoms with E-state index in [1.807, 2.05) is 17.9 Å². The number of carbonyl (C=O) groups excluding carboxylic acids is 3. The maximum atomic E-state index is 13.4. The summed E-state index contributed by atoms with van der Waals surface area (Å²) in [5.74, 6) is 0.231. The molecule has 1 saturated heterocycles. The molecule has 0 bridgehead atoms. The third-order valence-electron chi connectivity index (χ3n) is 7.34. The molecule has 1 aliphatic heterocycles. The standard InChI is InChI=1S/C31H33ClN6O3/c1-20-17-21(9-11-24(20)31(41)38-15-4-5-16-38)30(40)37-26(28-35-25-12-10-23(32)18-27(25)36-28)8-2-3-14-34-29(39)22-7-6-13-33-19-22/h6-7,9-13,17-19,26H,2-5,8,14-16H2,1H3,(H,34,39)(H,35,36)(H,37,40)/t26-/m0/s1. The van der Waals surface area contributed by atoms with Gasteiger partial charge in [-0.15, -0.1) is 0 Å². The van der Waals surface area contributed by atoms with Gasteiger partial charge in [-0.3, -0.25) is 19.4 Å². The number of nitrogens with one attached hydrogen (secondary N) is 3. The largest absolute Gasteiger partial charge is 0.352 e. The molecule has 2 aromatic heterocycles. The van der Waals surface area contributed by atoms with E-state index in [-0.39, 0.29) is 17.7 Å². The van der Waals surface area contributed by atoms with Gasteiger partial charge in [0.25, 0.3) is 17.7 Å². The van der Waals surface area contributed by atoms with Crippen LogP contribution >= 0.6 is 11.6 Å². The first-order valence-corrected chi connectivity index (χ1v) is 14.3. The number of likely N-dealkylation sites (tertiary alicyclic amines) is 1. The zero-order chi connectivity index (χ0) is 28.8. The van der Waals surface area contributed by atoms with Crippen molar-refractivity contribution in [3.63, 3.8) is 0 Å². The van der Waals surface area contributed by atoms with Crippen molar-refractivity contribution in [2.45, 2.75) is 45.1 Å². The van der Waals surface area contributed by atoms with E-state index in [1.165, 1.54) is 6.20 Å². The molecule has 9 nitrogen and oxygen atoms in total. The van der Waals surface area contributed by atoms with Crippen LogP contribution in [0.5, 0.6) is 0 Å². The summed E-state index contributed by atoms with van der Waals surface area (Å²) in [6.45, 7) is 3.91. The molecule has 2 aromatic carbocycles. The van der Waals surface area contributed by atoms with Crippen LogP contribution in [-0.4, -0.2) is 57.2 Å². The number of halogens is 1. The first kappa shape index (κ1) is 28.3. The number of hydrogen-bond donors (Lipinski definition) is 3. The van der Waals surface area contributed by atoms with Gasteiger partial charge in [0.05, 0.1) is 22.6 Å². The van der Waals surface area contributed by atoms with Crippen LogP contribution in [0.15, 0.2) is 60.9 Å². The molecule has 10 heteroatoms. The molecule has 0 saturated carbocycles. The number of benzene rings is 2. The Morgan fingerprint density at radius 1 is 1.02 bits per heavy atom. The average molecular weight is 573 g/mol. The van der Waals surface area contributed by atoms with Gasteiger partial charge in [0, 0.05) is 48.2 Å². The molecular formula is C31H33ClN6O3. The highest BCUT2D eigenvalue weighted by atomic mass is 35.5. The van der Waals surface area contributed by atoms with Crippen molar-refractivity contribution in [3.05, 3.63) is 94.0 Å². The zero-order valence-corrected chi connectivity index (χ0v) is 23.7. The summed E-state index contributed by atoms with van der Waals surface area (Å²) in [5.41, 5.74) is 3.94. The van der Waals surface area contributed by atoms with Gasteiger partial charge >= 0.3 is 0 Å². The Morgan fingerprint density at radius 2 is 1.85 bits per heavy atom. The van der Waals surface area contributed by atoms with Crippen molar-refractivity contribution in [2.24, 2.45) is 0 Å². The minimum absolute atomic E-state index is 0.0152. The normalized spacial score (nSPS) is 13.8. The summed E-state index contributed by atoms with van der Waals surface area (Å²) >= 11 is 6.17. The minimum Gasteiger partial charge on any atom is -0.352 e. The van der Waals surface area contributed by atoms with Crippen LogP contribution in [0.1, 0.15) is 80.6 Å². The third-order valence-corrected chi connectivity index (χ3v) is 7.57. The molecule has 3 heterocycles. The summed E-state index contributed by atoms with van der Waals surface area (Å²) < 4.78 is 0. The molecule has 1 atom stereocenters. The Balaban J connectivity index is 1.26. The second-order valence-electron chi connectivity index (χ2n) is 10.3. The molecule has 212 valence electrons. The summed E-state index contributed by atoms with van der Waals surface area (Å²) in [6.07, 6.45) is 7.27. The topological polar surface area (TPSA) is 120 Å². The van der Waals surface area contributed by atoms with Crippen LogP contribution < -0.4 is 10.6 Å². The van der Waals surface area contributed by atoms with Gasteiger partial charge in [0.1, 0.15) is 5.82 Å². The number of aromatic amines is 1. The molecule has 1 fully saturated rings. The first-order valence-electron chi connectivity index (χ1n) is 13.9. The number of fused-ring (bicyclic) bond motifs is 1. The average Bonchev–Trinajstić information content (AvgIpc) is 3.67. The van der Waals surface area contributed by atoms with E-state index in [1.54, 1.807) is 48.7 Å². The molecule has 41 heavy (non-hydrogen) atoms. The third kappa shape index (κ3) is 6.92. The second kappa shape index (κ2) is 13.0. The maximum Gasteiger partial charge on any atom is 0.254 e. The zero-order valence-electron chi connectivity index (χ0n) is 23.0. The molecule has 0 aliphatic carbocycles. The summed E-state index contributed by atoms with van der Waals surface area (Å²) in [7, 11) is 0. The number of H-pyrrole nitrogens is 1. The van der Waals surface area contributed by atoms with Gasteiger partial charge in [-0.05, 0) is 93.1 Å². The molecule has 5 rings (SSSR count). The highest BCUT2D eigenvalue weighted by molar-refractivity contribution is 6.31. The molecule has 3 amide bonds. The van der Waals surface area contributed by atoms with Gasteiger partial charge in [0.15, 0.2) is 0 Å². The predicted octanol–water partition coefficient (Wildman–Crippen LogP) is 5.23. The van der Waals surface area contributed by atoms with E-state index in [0.29, 0.717) is 40.5 Å². The Morgan fingerprint density at radius 3 is 2.61 bits per heavy atom. The Hall–Kier alpha value is -4.24. The van der Waals surface area contributed by atoms with Gasteiger partial charge in [0.2, 0.25) is 0 Å². The highest BCUT2D eigenvalue weighted by Gasteiger charge is 2.23. The van der Waals surface area contributed by atoms with E-state index >= 15 is 0 Å². The molecule has 4 aromatic rings. The lowest BCUT2D eigenvalue weighted by Crippen LogP contribution is -2.30. The SMILES string of the molecule is Cc1cc(C(=O)N[C@@H](CCCCNC(=O)c2cccnc2)c2nc3ccc(Cl)cc3[nH]2)ccc1C(=O)N1CCCC1. The Bertz CT molecular complexity index is 1550. The number of unbranched alkanes of at least 4 members (excludes halogenated alkanes) is 1. The molecule has 3 N–H and O–H groups in total.